The van der Waals surface area contributed by atoms with E-state index in [4.69, 9.17) is 5.11 Å². The lowest BCUT2D eigenvalue weighted by Crippen LogP contribution is -2.31. The second kappa shape index (κ2) is 5.68. The van der Waals surface area contributed by atoms with Crippen LogP contribution in [0.4, 0.5) is 23.2 Å². The molecular weight excluding hydrogens is 278 g/mol. The van der Waals surface area contributed by atoms with Gasteiger partial charge in [0.25, 0.3) is 0 Å². The molecule has 0 saturated heterocycles. The normalized spacial score (nSPS) is 22.6. The van der Waals surface area contributed by atoms with Gasteiger partial charge >= 0.3 is 5.97 Å². The highest BCUT2D eigenvalue weighted by atomic mass is 19.2. The molecule has 0 spiro atoms. The number of nitrogens with one attached hydrogen (secondary N) is 1. The fourth-order valence-corrected chi connectivity index (χ4v) is 2.45. The van der Waals surface area contributed by atoms with Gasteiger partial charge in [-0.15, -0.1) is 0 Å². The maximum Gasteiger partial charge on any atom is 0.306 e. The lowest BCUT2D eigenvalue weighted by Gasteiger charge is -2.28. The lowest BCUT2D eigenvalue weighted by atomic mass is 9.85. The maximum atomic E-state index is 13.5. The molecule has 0 aromatic heterocycles. The number of rotatable bonds is 3. The summed E-state index contributed by atoms with van der Waals surface area (Å²) in [5.41, 5.74) is -0.876. The molecule has 1 aliphatic carbocycles. The fourth-order valence-electron chi connectivity index (χ4n) is 2.45. The van der Waals surface area contributed by atoms with E-state index in [0.717, 1.165) is 0 Å². The topological polar surface area (TPSA) is 49.3 Å². The number of anilines is 1. The maximum absolute atomic E-state index is 13.5. The smallest absolute Gasteiger partial charge is 0.306 e. The number of carbonyl (C=O) groups is 1. The summed E-state index contributed by atoms with van der Waals surface area (Å²) in [4.78, 5) is 10.9. The molecule has 0 aliphatic heterocycles. The van der Waals surface area contributed by atoms with Crippen LogP contribution in [0.2, 0.25) is 0 Å². The Morgan fingerprint density at radius 3 is 2.30 bits per heavy atom. The van der Waals surface area contributed by atoms with Gasteiger partial charge in [0.15, 0.2) is 23.3 Å². The van der Waals surface area contributed by atoms with E-state index in [0.29, 0.717) is 19.3 Å². The van der Waals surface area contributed by atoms with Crippen molar-refractivity contribution in [3.05, 3.63) is 29.3 Å². The van der Waals surface area contributed by atoms with E-state index in [1.807, 2.05) is 0 Å². The molecule has 0 amide bonds. The molecular formula is C13H13F4NO2. The Hall–Kier alpha value is -1.79. The molecule has 1 saturated carbocycles. The number of hydrogen-bond donors (Lipinski definition) is 2. The van der Waals surface area contributed by atoms with Gasteiger partial charge in [-0.25, -0.2) is 17.6 Å². The van der Waals surface area contributed by atoms with Crippen LogP contribution in [0.5, 0.6) is 0 Å². The van der Waals surface area contributed by atoms with Crippen molar-refractivity contribution in [3.63, 3.8) is 0 Å². The lowest BCUT2D eigenvalue weighted by molar-refractivity contribution is -0.142. The average molecular weight is 291 g/mol. The first-order chi connectivity index (χ1) is 9.40. The van der Waals surface area contributed by atoms with Crippen LogP contribution in [-0.2, 0) is 4.79 Å². The van der Waals surface area contributed by atoms with Crippen molar-refractivity contribution < 1.29 is 27.5 Å². The summed E-state index contributed by atoms with van der Waals surface area (Å²) in [6.45, 7) is 0. The predicted molar refractivity (Wildman–Crippen MR) is 63.3 cm³/mol. The van der Waals surface area contributed by atoms with E-state index in [1.54, 1.807) is 0 Å². The average Bonchev–Trinajstić information content (AvgIpc) is 2.42. The summed E-state index contributed by atoms with van der Waals surface area (Å²) in [6, 6.07) is -0.397. The van der Waals surface area contributed by atoms with Gasteiger partial charge in [-0.05, 0) is 19.3 Å². The van der Waals surface area contributed by atoms with Gasteiger partial charge in [-0.3, -0.25) is 4.79 Å². The van der Waals surface area contributed by atoms with E-state index < -0.39 is 46.9 Å². The van der Waals surface area contributed by atoms with Crippen molar-refractivity contribution in [1.29, 1.82) is 0 Å². The van der Waals surface area contributed by atoms with Crippen molar-refractivity contribution in [2.45, 2.75) is 31.7 Å². The molecule has 20 heavy (non-hydrogen) atoms. The van der Waals surface area contributed by atoms with Crippen LogP contribution in [-0.4, -0.2) is 17.1 Å². The van der Waals surface area contributed by atoms with Crippen LogP contribution in [0.15, 0.2) is 6.07 Å². The highest BCUT2D eigenvalue weighted by Gasteiger charge is 2.29. The van der Waals surface area contributed by atoms with Gasteiger partial charge in [-0.2, -0.15) is 0 Å². The Labute approximate surface area is 112 Å². The van der Waals surface area contributed by atoms with Crippen LogP contribution < -0.4 is 5.32 Å². The van der Waals surface area contributed by atoms with Gasteiger partial charge in [0.1, 0.15) is 5.69 Å². The van der Waals surface area contributed by atoms with E-state index in [-0.39, 0.29) is 12.5 Å². The van der Waals surface area contributed by atoms with Gasteiger partial charge in [0, 0.05) is 12.1 Å². The van der Waals surface area contributed by atoms with Crippen molar-refractivity contribution in [2.75, 3.05) is 5.32 Å². The summed E-state index contributed by atoms with van der Waals surface area (Å²) in [7, 11) is 0. The molecule has 0 radical (unpaired) electrons. The van der Waals surface area contributed by atoms with E-state index in [2.05, 4.69) is 5.32 Å². The van der Waals surface area contributed by atoms with Crippen LogP contribution in [0, 0.1) is 29.2 Å². The quantitative estimate of drug-likeness (QED) is 0.663. The number of hydrogen-bond acceptors (Lipinski definition) is 2. The number of carboxylic acid groups (broad SMARTS) is 1. The standard InChI is InChI=1S/C13H13F4NO2/c14-8-5-9(15)11(17)12(10(8)16)18-7-3-1-2-6(4-7)13(19)20/h5-7,18H,1-4H2,(H,19,20). The Bertz CT molecular complexity index is 509. The molecule has 1 fully saturated rings. The third-order valence-electron chi connectivity index (χ3n) is 3.48. The van der Waals surface area contributed by atoms with Crippen molar-refractivity contribution in [3.8, 4) is 0 Å². The first-order valence-electron chi connectivity index (χ1n) is 6.22. The minimum absolute atomic E-state index is 0.136. The fraction of sp³-hybridized carbons (Fsp3) is 0.462. The molecule has 2 atom stereocenters. The minimum Gasteiger partial charge on any atom is -0.481 e. The van der Waals surface area contributed by atoms with Crippen molar-refractivity contribution in [2.24, 2.45) is 5.92 Å². The highest BCUT2D eigenvalue weighted by Crippen LogP contribution is 2.30. The predicted octanol–water partition coefficient (Wildman–Crippen LogP) is 3.30. The van der Waals surface area contributed by atoms with Gasteiger partial charge in [0.05, 0.1) is 5.92 Å². The first kappa shape index (κ1) is 14.6. The molecule has 2 N–H and O–H groups in total. The highest BCUT2D eigenvalue weighted by molar-refractivity contribution is 5.70. The van der Waals surface area contributed by atoms with Crippen LogP contribution in [0.3, 0.4) is 0 Å². The summed E-state index contributed by atoms with van der Waals surface area (Å²) in [5.74, 6) is -7.58. The first-order valence-corrected chi connectivity index (χ1v) is 6.22. The number of benzene rings is 1. The zero-order valence-electron chi connectivity index (χ0n) is 10.4. The third kappa shape index (κ3) is 2.86. The Balaban J connectivity index is 2.20. The molecule has 7 heteroatoms. The monoisotopic (exact) mass is 291 g/mol. The zero-order valence-corrected chi connectivity index (χ0v) is 10.4. The Kier molecular flexibility index (Phi) is 4.15. The van der Waals surface area contributed by atoms with E-state index in [9.17, 15) is 22.4 Å². The SMILES string of the molecule is O=C(O)C1CCCC(Nc2c(F)c(F)cc(F)c2F)C1. The molecule has 0 bridgehead atoms. The second-order valence-corrected chi connectivity index (χ2v) is 4.89. The van der Waals surface area contributed by atoms with Gasteiger partial charge in [-0.1, -0.05) is 6.42 Å². The molecule has 3 nitrogen and oxygen atoms in total. The number of aliphatic carboxylic acids is 1. The van der Waals surface area contributed by atoms with Gasteiger partial charge < -0.3 is 10.4 Å². The van der Waals surface area contributed by atoms with E-state index >= 15 is 0 Å². The van der Waals surface area contributed by atoms with Crippen LogP contribution >= 0.6 is 0 Å². The van der Waals surface area contributed by atoms with Crippen LogP contribution in [0.25, 0.3) is 0 Å². The molecule has 2 rings (SSSR count). The summed E-state index contributed by atoms with van der Waals surface area (Å²) >= 11 is 0. The molecule has 2 unspecified atom stereocenters. The number of halogens is 4. The molecule has 1 aromatic carbocycles. The van der Waals surface area contributed by atoms with Gasteiger partial charge in [0.2, 0.25) is 0 Å². The van der Waals surface area contributed by atoms with E-state index in [1.165, 1.54) is 0 Å². The Morgan fingerprint density at radius 2 is 1.75 bits per heavy atom. The van der Waals surface area contributed by atoms with Crippen LogP contribution in [0.1, 0.15) is 25.7 Å². The summed E-state index contributed by atoms with van der Waals surface area (Å²) in [5, 5.41) is 11.3. The van der Waals surface area contributed by atoms with Crippen molar-refractivity contribution >= 4 is 11.7 Å². The molecule has 110 valence electrons. The van der Waals surface area contributed by atoms with Crippen molar-refractivity contribution in [1.82, 2.24) is 0 Å². The molecule has 1 aromatic rings. The summed E-state index contributed by atoms with van der Waals surface area (Å²) < 4.78 is 53.1. The largest absolute Gasteiger partial charge is 0.481 e. The number of carboxylic acids is 1. The zero-order chi connectivity index (χ0) is 14.9. The Morgan fingerprint density at radius 1 is 1.15 bits per heavy atom. The molecule has 1 aliphatic rings. The minimum atomic E-state index is -1.50. The third-order valence-corrected chi connectivity index (χ3v) is 3.48. The molecule has 0 heterocycles. The second-order valence-electron chi connectivity index (χ2n) is 4.89. The summed E-state index contributed by atoms with van der Waals surface area (Å²) in [6.07, 6.45) is 1.69.